The lowest BCUT2D eigenvalue weighted by Crippen LogP contribution is -2.25. The molecule has 1 aromatic carbocycles. The minimum atomic E-state index is -1.24. The van der Waals surface area contributed by atoms with Crippen molar-refractivity contribution in [3.05, 3.63) is 33.3 Å². The molecule has 0 aromatic heterocycles. The monoisotopic (exact) mass is 321 g/mol. The van der Waals surface area contributed by atoms with E-state index >= 15 is 0 Å². The van der Waals surface area contributed by atoms with E-state index in [0.717, 1.165) is 10.0 Å². The summed E-state index contributed by atoms with van der Waals surface area (Å²) < 4.78 is 16.2. The Hall–Kier alpha value is -0.0300. The molecule has 1 rings (SSSR count). The number of benzene rings is 1. The smallest absolute Gasteiger partial charge is 0.144 e. The van der Waals surface area contributed by atoms with E-state index in [-0.39, 0.29) is 4.75 Å². The second kappa shape index (κ2) is 5.54. The van der Waals surface area contributed by atoms with Crippen LogP contribution in [0.15, 0.2) is 27.1 Å². The molecule has 0 bridgehead atoms. The van der Waals surface area contributed by atoms with Gasteiger partial charge in [0.2, 0.25) is 0 Å². The molecule has 88 valence electrons. The molecule has 0 radical (unpaired) electrons. The largest absolute Gasteiger partial charge is 0.591 e. The molecule has 0 spiro atoms. The van der Waals surface area contributed by atoms with Crippen LogP contribution in [-0.4, -0.2) is 15.5 Å². The van der Waals surface area contributed by atoms with Crippen molar-refractivity contribution < 1.29 is 4.55 Å². The maximum atomic E-state index is 11.7. The Bertz CT molecular complexity index is 403. The van der Waals surface area contributed by atoms with Crippen LogP contribution in [-0.2, 0) is 11.4 Å². The zero-order chi connectivity index (χ0) is 12.3. The SMILES string of the molecule is CC(C)(C)[S@+]([O-])N=Cc1ccc(Cl)cc1Br. The highest BCUT2D eigenvalue weighted by Crippen LogP contribution is 2.21. The summed E-state index contributed by atoms with van der Waals surface area (Å²) in [5, 5.41) is 0.654. The average molecular weight is 323 g/mol. The number of rotatable bonds is 2. The van der Waals surface area contributed by atoms with E-state index in [9.17, 15) is 4.55 Å². The molecule has 0 aliphatic carbocycles. The van der Waals surface area contributed by atoms with Crippen molar-refractivity contribution in [1.29, 1.82) is 0 Å². The van der Waals surface area contributed by atoms with Gasteiger partial charge in [-0.2, -0.15) is 0 Å². The molecule has 0 fully saturated rings. The molecule has 0 aliphatic rings. The van der Waals surface area contributed by atoms with Crippen LogP contribution in [0, 0.1) is 0 Å². The quantitative estimate of drug-likeness (QED) is 0.599. The van der Waals surface area contributed by atoms with E-state index in [0.29, 0.717) is 5.02 Å². The van der Waals surface area contributed by atoms with Gasteiger partial charge in [0.1, 0.15) is 16.1 Å². The summed E-state index contributed by atoms with van der Waals surface area (Å²) in [5.41, 5.74) is 0.863. The first-order valence-electron chi connectivity index (χ1n) is 4.72. The van der Waals surface area contributed by atoms with Crippen molar-refractivity contribution in [3.63, 3.8) is 0 Å². The molecular weight excluding hydrogens is 310 g/mol. The van der Waals surface area contributed by atoms with E-state index in [1.807, 2.05) is 26.8 Å². The maximum Gasteiger partial charge on any atom is 0.144 e. The van der Waals surface area contributed by atoms with Gasteiger partial charge >= 0.3 is 0 Å². The molecule has 5 heteroatoms. The first-order valence-corrected chi connectivity index (χ1v) is 6.99. The highest BCUT2D eigenvalue weighted by Gasteiger charge is 2.25. The van der Waals surface area contributed by atoms with Gasteiger partial charge in [-0.1, -0.05) is 38.0 Å². The first-order chi connectivity index (χ1) is 7.30. The lowest BCUT2D eigenvalue weighted by molar-refractivity contribution is 0.562. The Labute approximate surface area is 113 Å². The number of halogens is 2. The lowest BCUT2D eigenvalue weighted by Gasteiger charge is -2.17. The van der Waals surface area contributed by atoms with Crippen LogP contribution in [0.2, 0.25) is 5.02 Å². The summed E-state index contributed by atoms with van der Waals surface area (Å²) in [6.45, 7) is 5.66. The molecular formula is C11H13BrClNOS. The Morgan fingerprint density at radius 3 is 2.56 bits per heavy atom. The highest BCUT2D eigenvalue weighted by atomic mass is 79.9. The molecule has 0 N–H and O–H groups in total. The lowest BCUT2D eigenvalue weighted by atomic mass is 10.2. The van der Waals surface area contributed by atoms with Crippen LogP contribution < -0.4 is 0 Å². The normalized spacial score (nSPS) is 14.4. The van der Waals surface area contributed by atoms with Gasteiger partial charge in [0, 0.05) is 15.1 Å². The third-order valence-corrected chi connectivity index (χ3v) is 4.04. The standard InChI is InChI=1S/C11H13BrClNOS/c1-11(2,3)16(15)14-7-8-4-5-9(13)6-10(8)12/h4-7H,1-3H3/t16-/m0/s1. The summed E-state index contributed by atoms with van der Waals surface area (Å²) in [6, 6.07) is 5.38. The zero-order valence-corrected chi connectivity index (χ0v) is 12.5. The van der Waals surface area contributed by atoms with Gasteiger partial charge in [-0.25, -0.2) is 0 Å². The van der Waals surface area contributed by atoms with Gasteiger partial charge in [-0.05, 0) is 32.9 Å². The summed E-state index contributed by atoms with van der Waals surface area (Å²) in [7, 11) is 0. The van der Waals surface area contributed by atoms with Crippen LogP contribution in [0.3, 0.4) is 0 Å². The average Bonchev–Trinajstić information content (AvgIpc) is 2.14. The zero-order valence-electron chi connectivity index (χ0n) is 9.33. The molecule has 2 nitrogen and oxygen atoms in total. The Balaban J connectivity index is 2.85. The molecule has 16 heavy (non-hydrogen) atoms. The summed E-state index contributed by atoms with van der Waals surface area (Å²) >= 11 is 7.95. The molecule has 0 saturated carbocycles. The second-order valence-corrected chi connectivity index (χ2v) is 7.49. The third kappa shape index (κ3) is 4.09. The van der Waals surface area contributed by atoms with Gasteiger partial charge in [-0.15, -0.1) is 0 Å². The first kappa shape index (κ1) is 14.0. The third-order valence-electron chi connectivity index (χ3n) is 1.77. The number of hydrogen-bond donors (Lipinski definition) is 0. The fourth-order valence-electron chi connectivity index (χ4n) is 0.869. The van der Waals surface area contributed by atoms with Crippen molar-refractivity contribution >= 4 is 45.1 Å². The van der Waals surface area contributed by atoms with Crippen molar-refractivity contribution in [3.8, 4) is 0 Å². The molecule has 1 aromatic rings. The van der Waals surface area contributed by atoms with Crippen LogP contribution in [0.25, 0.3) is 0 Å². The van der Waals surface area contributed by atoms with E-state index in [1.54, 1.807) is 18.3 Å². The molecule has 1 atom stereocenters. The van der Waals surface area contributed by atoms with Crippen molar-refractivity contribution in [2.45, 2.75) is 25.5 Å². The number of nitrogens with zero attached hydrogens (tertiary/aromatic N) is 1. The van der Waals surface area contributed by atoms with Crippen molar-refractivity contribution in [2.24, 2.45) is 4.40 Å². The van der Waals surface area contributed by atoms with Crippen LogP contribution in [0.5, 0.6) is 0 Å². The Morgan fingerprint density at radius 1 is 1.44 bits per heavy atom. The fourth-order valence-corrected chi connectivity index (χ4v) is 2.18. The van der Waals surface area contributed by atoms with Gasteiger partial charge < -0.3 is 4.55 Å². The Morgan fingerprint density at radius 2 is 2.06 bits per heavy atom. The molecule has 0 heterocycles. The fraction of sp³-hybridized carbons (Fsp3) is 0.364. The minimum absolute atomic E-state index is 0.338. The Kier molecular flexibility index (Phi) is 4.86. The summed E-state index contributed by atoms with van der Waals surface area (Å²) in [5.74, 6) is 0. The van der Waals surface area contributed by atoms with Crippen LogP contribution in [0.4, 0.5) is 0 Å². The van der Waals surface area contributed by atoms with Gasteiger partial charge in [0.25, 0.3) is 0 Å². The van der Waals surface area contributed by atoms with E-state index in [2.05, 4.69) is 20.3 Å². The van der Waals surface area contributed by atoms with Crippen LogP contribution in [0.1, 0.15) is 26.3 Å². The molecule has 0 saturated heterocycles. The topological polar surface area (TPSA) is 35.4 Å². The predicted molar refractivity (Wildman–Crippen MR) is 74.6 cm³/mol. The summed E-state index contributed by atoms with van der Waals surface area (Å²) in [6.07, 6.45) is 1.60. The molecule has 0 amide bonds. The van der Waals surface area contributed by atoms with E-state index in [1.165, 1.54) is 0 Å². The molecule has 0 aliphatic heterocycles. The van der Waals surface area contributed by atoms with Crippen LogP contribution >= 0.6 is 27.5 Å². The minimum Gasteiger partial charge on any atom is -0.591 e. The van der Waals surface area contributed by atoms with E-state index < -0.39 is 11.4 Å². The van der Waals surface area contributed by atoms with Gasteiger partial charge in [0.05, 0.1) is 6.21 Å². The second-order valence-electron chi connectivity index (χ2n) is 4.26. The van der Waals surface area contributed by atoms with E-state index in [4.69, 9.17) is 11.6 Å². The molecule has 0 unspecified atom stereocenters. The number of hydrogen-bond acceptors (Lipinski definition) is 2. The predicted octanol–water partition coefficient (Wildman–Crippen LogP) is 3.98. The van der Waals surface area contributed by atoms with Crippen molar-refractivity contribution in [1.82, 2.24) is 0 Å². The van der Waals surface area contributed by atoms with Gasteiger partial charge in [-0.3, -0.25) is 0 Å². The van der Waals surface area contributed by atoms with Gasteiger partial charge in [0.15, 0.2) is 0 Å². The summed E-state index contributed by atoms with van der Waals surface area (Å²) in [4.78, 5) is 0. The highest BCUT2D eigenvalue weighted by molar-refractivity contribution is 9.10. The maximum absolute atomic E-state index is 11.7. The van der Waals surface area contributed by atoms with Crippen molar-refractivity contribution in [2.75, 3.05) is 0 Å².